The first kappa shape index (κ1) is 8.99. The fourth-order valence-corrected chi connectivity index (χ4v) is 1.12. The smallest absolute Gasteiger partial charge is 0.304 e. The maximum absolute atomic E-state index is 10.8. The van der Waals surface area contributed by atoms with Gasteiger partial charge in [-0.1, -0.05) is 0 Å². The lowest BCUT2D eigenvalue weighted by atomic mass is 9.94. The van der Waals surface area contributed by atoms with Crippen molar-refractivity contribution in [3.63, 3.8) is 0 Å². The van der Waals surface area contributed by atoms with E-state index in [-0.39, 0.29) is 5.91 Å². The Morgan fingerprint density at radius 2 is 2.33 bits per heavy atom. The molecule has 0 bridgehead atoms. The van der Waals surface area contributed by atoms with Crippen LogP contribution in [0.2, 0.25) is 0 Å². The van der Waals surface area contributed by atoms with E-state index in [2.05, 4.69) is 5.32 Å². The van der Waals surface area contributed by atoms with Crippen LogP contribution < -0.4 is 5.32 Å². The quantitative estimate of drug-likeness (QED) is 0.415. The summed E-state index contributed by atoms with van der Waals surface area (Å²) in [5, 5.41) is 11.4. The SMILES string of the molecule is CC(=O)OC1NC(=O)C1[C@@H](C)O. The highest BCUT2D eigenvalue weighted by molar-refractivity contribution is 5.86. The third kappa shape index (κ3) is 1.55. The van der Waals surface area contributed by atoms with Crippen LogP contribution in [0.25, 0.3) is 0 Å². The predicted octanol–water partition coefficient (Wildman–Crippen LogP) is -0.998. The molecule has 2 N–H and O–H groups in total. The molecule has 1 heterocycles. The molecule has 12 heavy (non-hydrogen) atoms. The lowest BCUT2D eigenvalue weighted by Gasteiger charge is -2.36. The van der Waals surface area contributed by atoms with Crippen molar-refractivity contribution in [2.24, 2.45) is 5.92 Å². The Bertz CT molecular complexity index is 213. The van der Waals surface area contributed by atoms with Crippen molar-refractivity contribution in [3.05, 3.63) is 0 Å². The Morgan fingerprint density at radius 1 is 1.75 bits per heavy atom. The van der Waals surface area contributed by atoms with Gasteiger partial charge in [0.25, 0.3) is 0 Å². The van der Waals surface area contributed by atoms with Crippen LogP contribution in [0, 0.1) is 5.92 Å². The number of nitrogens with one attached hydrogen (secondary N) is 1. The number of aliphatic hydroxyl groups excluding tert-OH is 1. The van der Waals surface area contributed by atoms with Crippen molar-refractivity contribution in [3.8, 4) is 0 Å². The molecule has 0 aromatic heterocycles. The monoisotopic (exact) mass is 173 g/mol. The standard InChI is InChI=1S/C7H11NO4/c1-3(9)5-6(11)8-7(5)12-4(2)10/h3,5,7,9H,1-2H3,(H,8,11)/t3-,5?,7?/m1/s1. The summed E-state index contributed by atoms with van der Waals surface area (Å²) in [7, 11) is 0. The largest absolute Gasteiger partial charge is 0.441 e. The van der Waals surface area contributed by atoms with Crippen molar-refractivity contribution in [2.75, 3.05) is 0 Å². The highest BCUT2D eigenvalue weighted by Crippen LogP contribution is 2.19. The molecule has 0 aromatic carbocycles. The van der Waals surface area contributed by atoms with Gasteiger partial charge in [0.2, 0.25) is 5.91 Å². The Morgan fingerprint density at radius 3 is 2.67 bits per heavy atom. The van der Waals surface area contributed by atoms with Gasteiger partial charge in [-0.3, -0.25) is 9.59 Å². The summed E-state index contributed by atoms with van der Waals surface area (Å²) in [5.41, 5.74) is 0. The number of ether oxygens (including phenoxy) is 1. The van der Waals surface area contributed by atoms with Gasteiger partial charge in [-0.05, 0) is 6.92 Å². The first-order valence-corrected chi connectivity index (χ1v) is 3.68. The minimum atomic E-state index is -0.789. The molecular weight excluding hydrogens is 162 g/mol. The summed E-state index contributed by atoms with van der Waals surface area (Å²) < 4.78 is 4.70. The number of rotatable bonds is 2. The van der Waals surface area contributed by atoms with Crippen LogP contribution in [0.4, 0.5) is 0 Å². The first-order chi connectivity index (χ1) is 5.52. The molecule has 5 heteroatoms. The number of carbonyl (C=O) groups excluding carboxylic acids is 2. The molecule has 1 rings (SSSR count). The van der Waals surface area contributed by atoms with Gasteiger partial charge in [-0.2, -0.15) is 0 Å². The zero-order chi connectivity index (χ0) is 9.30. The Balaban J connectivity index is 2.48. The van der Waals surface area contributed by atoms with Crippen molar-refractivity contribution >= 4 is 11.9 Å². The maximum atomic E-state index is 10.8. The van der Waals surface area contributed by atoms with Crippen molar-refractivity contribution in [1.29, 1.82) is 0 Å². The summed E-state index contributed by atoms with van der Waals surface area (Å²) in [6, 6.07) is 0. The van der Waals surface area contributed by atoms with Gasteiger partial charge < -0.3 is 15.2 Å². The molecule has 0 aliphatic carbocycles. The van der Waals surface area contributed by atoms with Crippen LogP contribution in [0.1, 0.15) is 13.8 Å². The summed E-state index contributed by atoms with van der Waals surface area (Å²) in [5.74, 6) is -1.36. The molecule has 68 valence electrons. The van der Waals surface area contributed by atoms with Crippen molar-refractivity contribution in [2.45, 2.75) is 26.2 Å². The Kier molecular flexibility index (Phi) is 2.32. The van der Waals surface area contributed by atoms with Crippen molar-refractivity contribution in [1.82, 2.24) is 5.32 Å². The van der Waals surface area contributed by atoms with Gasteiger partial charge in [0.15, 0.2) is 6.23 Å². The maximum Gasteiger partial charge on any atom is 0.304 e. The second-order valence-corrected chi connectivity index (χ2v) is 2.81. The molecule has 0 saturated carbocycles. The van der Waals surface area contributed by atoms with Gasteiger partial charge in [0, 0.05) is 6.92 Å². The lowest BCUT2D eigenvalue weighted by molar-refractivity contribution is -0.173. The van der Waals surface area contributed by atoms with Gasteiger partial charge in [0.05, 0.1) is 6.10 Å². The molecule has 1 aliphatic heterocycles. The molecular formula is C7H11NO4. The van der Waals surface area contributed by atoms with E-state index in [1.807, 2.05) is 0 Å². The zero-order valence-corrected chi connectivity index (χ0v) is 6.90. The molecule has 1 fully saturated rings. The summed E-state index contributed by atoms with van der Waals surface area (Å²) in [6.07, 6.45) is -1.45. The second kappa shape index (κ2) is 3.10. The Labute approximate surface area is 69.7 Å². The fraction of sp³-hybridized carbons (Fsp3) is 0.714. The first-order valence-electron chi connectivity index (χ1n) is 3.68. The summed E-state index contributed by atoms with van der Waals surface area (Å²) >= 11 is 0. The summed E-state index contributed by atoms with van der Waals surface area (Å²) in [4.78, 5) is 21.3. The minimum Gasteiger partial charge on any atom is -0.441 e. The average Bonchev–Trinajstić information content (AvgIpc) is 1.82. The number of β-lactam (4-membered cyclic amide) rings is 1. The van der Waals surface area contributed by atoms with Crippen LogP contribution >= 0.6 is 0 Å². The van der Waals surface area contributed by atoms with Crippen molar-refractivity contribution < 1.29 is 19.4 Å². The Hall–Kier alpha value is -1.10. The molecule has 1 aliphatic rings. The highest BCUT2D eigenvalue weighted by Gasteiger charge is 2.44. The molecule has 1 amide bonds. The molecule has 2 unspecified atom stereocenters. The predicted molar refractivity (Wildman–Crippen MR) is 38.9 cm³/mol. The van der Waals surface area contributed by atoms with Crippen LogP contribution in [-0.4, -0.2) is 29.3 Å². The van der Waals surface area contributed by atoms with Gasteiger partial charge in [-0.15, -0.1) is 0 Å². The zero-order valence-electron chi connectivity index (χ0n) is 6.90. The van der Waals surface area contributed by atoms with E-state index in [0.717, 1.165) is 0 Å². The lowest BCUT2D eigenvalue weighted by Crippen LogP contribution is -2.63. The van der Waals surface area contributed by atoms with Gasteiger partial charge >= 0.3 is 5.97 Å². The number of esters is 1. The van der Waals surface area contributed by atoms with Gasteiger partial charge in [0.1, 0.15) is 5.92 Å². The van der Waals surface area contributed by atoms with Gasteiger partial charge in [-0.25, -0.2) is 0 Å². The average molecular weight is 173 g/mol. The molecule has 0 radical (unpaired) electrons. The van der Waals surface area contributed by atoms with E-state index < -0.39 is 24.2 Å². The molecule has 5 nitrogen and oxygen atoms in total. The number of aliphatic hydroxyl groups is 1. The number of carbonyl (C=O) groups is 2. The van der Waals surface area contributed by atoms with E-state index in [4.69, 9.17) is 9.84 Å². The topological polar surface area (TPSA) is 75.6 Å². The molecule has 0 spiro atoms. The molecule has 3 atom stereocenters. The van der Waals surface area contributed by atoms with E-state index >= 15 is 0 Å². The molecule has 0 aromatic rings. The van der Waals surface area contributed by atoms with Crippen LogP contribution in [0.3, 0.4) is 0 Å². The minimum absolute atomic E-state index is 0.281. The van der Waals surface area contributed by atoms with E-state index in [0.29, 0.717) is 0 Å². The van der Waals surface area contributed by atoms with E-state index in [9.17, 15) is 9.59 Å². The molecule has 1 saturated heterocycles. The third-order valence-corrected chi connectivity index (χ3v) is 1.73. The number of hydrogen-bond acceptors (Lipinski definition) is 4. The van der Waals surface area contributed by atoms with Crippen LogP contribution in [-0.2, 0) is 14.3 Å². The normalized spacial score (nSPS) is 30.1. The fourth-order valence-electron chi connectivity index (χ4n) is 1.12. The van der Waals surface area contributed by atoms with E-state index in [1.165, 1.54) is 13.8 Å². The van der Waals surface area contributed by atoms with E-state index in [1.54, 1.807) is 0 Å². The summed E-state index contributed by atoms with van der Waals surface area (Å²) in [6.45, 7) is 2.74. The number of hydrogen-bond donors (Lipinski definition) is 2. The number of amides is 1. The highest BCUT2D eigenvalue weighted by atomic mass is 16.6. The van der Waals surface area contributed by atoms with Crippen LogP contribution in [0.5, 0.6) is 0 Å². The third-order valence-electron chi connectivity index (χ3n) is 1.73. The van der Waals surface area contributed by atoms with Crippen LogP contribution in [0.15, 0.2) is 0 Å². The second-order valence-electron chi connectivity index (χ2n) is 2.81.